The summed E-state index contributed by atoms with van der Waals surface area (Å²) in [7, 11) is 0. The van der Waals surface area contributed by atoms with Gasteiger partial charge in [-0.15, -0.1) is 0 Å². The fourth-order valence-corrected chi connectivity index (χ4v) is 3.49. The molecule has 1 saturated heterocycles. The van der Waals surface area contributed by atoms with E-state index in [2.05, 4.69) is 42.1 Å². The third kappa shape index (κ3) is 3.95. The molecule has 2 rings (SSSR count). The second-order valence-corrected chi connectivity index (χ2v) is 6.35. The molecule has 1 unspecified atom stereocenters. The highest BCUT2D eigenvalue weighted by molar-refractivity contribution is 9.11. The van der Waals surface area contributed by atoms with E-state index in [9.17, 15) is 5.11 Å². The number of nitrogens with one attached hydrogen (secondary N) is 1. The van der Waals surface area contributed by atoms with Gasteiger partial charge in [0.05, 0.1) is 11.8 Å². The average molecular weight is 378 g/mol. The molecule has 2 N–H and O–H groups in total. The van der Waals surface area contributed by atoms with E-state index in [1.165, 1.54) is 12.8 Å². The topological polar surface area (TPSA) is 35.5 Å². The molecular formula is C13H18Br2N2O. The lowest BCUT2D eigenvalue weighted by Gasteiger charge is -2.20. The first-order valence-electron chi connectivity index (χ1n) is 6.25. The van der Waals surface area contributed by atoms with Gasteiger partial charge in [0, 0.05) is 22.0 Å². The van der Waals surface area contributed by atoms with E-state index >= 15 is 0 Å². The Kier molecular flexibility index (Phi) is 5.48. The quantitative estimate of drug-likeness (QED) is 0.827. The number of para-hydroxylation sites is 1. The fourth-order valence-electron chi connectivity index (χ4n) is 2.21. The van der Waals surface area contributed by atoms with Crippen molar-refractivity contribution in [1.29, 1.82) is 0 Å². The molecule has 1 heterocycles. The number of aliphatic hydroxyl groups is 1. The van der Waals surface area contributed by atoms with E-state index in [1.54, 1.807) is 0 Å². The Balaban J connectivity index is 1.83. The van der Waals surface area contributed by atoms with E-state index in [1.807, 2.05) is 18.2 Å². The van der Waals surface area contributed by atoms with Gasteiger partial charge in [-0.1, -0.05) is 6.07 Å². The average Bonchev–Trinajstić information content (AvgIpc) is 2.81. The van der Waals surface area contributed by atoms with Gasteiger partial charge >= 0.3 is 0 Å². The number of nitrogens with zero attached hydrogens (tertiary/aromatic N) is 1. The lowest BCUT2D eigenvalue weighted by molar-refractivity contribution is 0.135. The van der Waals surface area contributed by atoms with Gasteiger partial charge in [0.2, 0.25) is 0 Å². The third-order valence-corrected chi connectivity index (χ3v) is 4.47. The first kappa shape index (κ1) is 14.3. The molecule has 1 aromatic carbocycles. The van der Waals surface area contributed by atoms with Gasteiger partial charge in [-0.2, -0.15) is 0 Å². The molecule has 3 nitrogen and oxygen atoms in total. The second kappa shape index (κ2) is 6.89. The molecule has 0 radical (unpaired) electrons. The van der Waals surface area contributed by atoms with Gasteiger partial charge in [-0.25, -0.2) is 0 Å². The van der Waals surface area contributed by atoms with Crippen LogP contribution < -0.4 is 5.32 Å². The Morgan fingerprint density at radius 2 is 1.83 bits per heavy atom. The van der Waals surface area contributed by atoms with Crippen LogP contribution in [0.3, 0.4) is 0 Å². The number of anilines is 1. The summed E-state index contributed by atoms with van der Waals surface area (Å²) in [4.78, 5) is 2.32. The van der Waals surface area contributed by atoms with Gasteiger partial charge in [0.1, 0.15) is 0 Å². The summed E-state index contributed by atoms with van der Waals surface area (Å²) in [5.41, 5.74) is 0.998. The maximum absolute atomic E-state index is 10.0. The number of rotatable bonds is 5. The zero-order valence-electron chi connectivity index (χ0n) is 10.2. The second-order valence-electron chi connectivity index (χ2n) is 4.64. The van der Waals surface area contributed by atoms with Gasteiger partial charge in [0.25, 0.3) is 0 Å². The molecule has 0 saturated carbocycles. The Labute approximate surface area is 125 Å². The van der Waals surface area contributed by atoms with Gasteiger partial charge in [-0.05, 0) is 69.9 Å². The summed E-state index contributed by atoms with van der Waals surface area (Å²) in [6.07, 6.45) is 2.19. The molecule has 1 atom stereocenters. The van der Waals surface area contributed by atoms with Crippen LogP contribution in [0.5, 0.6) is 0 Å². The van der Waals surface area contributed by atoms with Crippen LogP contribution in [0.1, 0.15) is 12.8 Å². The molecule has 1 aromatic rings. The van der Waals surface area contributed by atoms with Crippen molar-refractivity contribution < 1.29 is 5.11 Å². The molecule has 0 aromatic heterocycles. The largest absolute Gasteiger partial charge is 0.390 e. The summed E-state index contributed by atoms with van der Waals surface area (Å²) < 4.78 is 2.01. The molecule has 100 valence electrons. The van der Waals surface area contributed by atoms with Crippen LogP contribution in [-0.4, -0.2) is 42.3 Å². The number of likely N-dealkylation sites (tertiary alicyclic amines) is 1. The SMILES string of the molecule is OC(CNc1c(Br)cccc1Br)CN1CCCC1. The molecule has 1 aliphatic heterocycles. The number of hydrogen-bond acceptors (Lipinski definition) is 3. The minimum Gasteiger partial charge on any atom is -0.390 e. The maximum atomic E-state index is 10.0. The molecule has 1 fully saturated rings. The highest BCUT2D eigenvalue weighted by atomic mass is 79.9. The van der Waals surface area contributed by atoms with E-state index in [4.69, 9.17) is 0 Å². The molecule has 0 amide bonds. The summed E-state index contributed by atoms with van der Waals surface area (Å²) in [5, 5.41) is 13.3. The molecule has 0 bridgehead atoms. The zero-order valence-corrected chi connectivity index (χ0v) is 13.4. The predicted molar refractivity (Wildman–Crippen MR) is 82.0 cm³/mol. The van der Waals surface area contributed by atoms with E-state index < -0.39 is 0 Å². The summed E-state index contributed by atoms with van der Waals surface area (Å²) in [6.45, 7) is 3.57. The Hall–Kier alpha value is -0.100. The number of β-amino-alcohol motifs (C(OH)–C–C–N with tert-alkyl or cyclic N) is 1. The summed E-state index contributed by atoms with van der Waals surface area (Å²) in [5.74, 6) is 0. The summed E-state index contributed by atoms with van der Waals surface area (Å²) >= 11 is 7.00. The number of hydrogen-bond donors (Lipinski definition) is 2. The minimum atomic E-state index is -0.331. The monoisotopic (exact) mass is 376 g/mol. The van der Waals surface area contributed by atoms with Crippen LogP contribution >= 0.6 is 31.9 Å². The van der Waals surface area contributed by atoms with Crippen LogP contribution in [-0.2, 0) is 0 Å². The third-order valence-electron chi connectivity index (χ3n) is 3.14. The predicted octanol–water partition coefficient (Wildman–Crippen LogP) is 3.08. The van der Waals surface area contributed by atoms with Crippen molar-refractivity contribution >= 4 is 37.5 Å². The first-order valence-corrected chi connectivity index (χ1v) is 7.83. The first-order chi connectivity index (χ1) is 8.66. The molecule has 18 heavy (non-hydrogen) atoms. The minimum absolute atomic E-state index is 0.331. The van der Waals surface area contributed by atoms with Crippen LogP contribution in [0.25, 0.3) is 0 Å². The number of aliphatic hydroxyl groups excluding tert-OH is 1. The van der Waals surface area contributed by atoms with Gasteiger partial charge in [0.15, 0.2) is 0 Å². The Morgan fingerprint density at radius 3 is 2.44 bits per heavy atom. The lowest BCUT2D eigenvalue weighted by atomic mass is 10.3. The van der Waals surface area contributed by atoms with Gasteiger partial charge in [-0.3, -0.25) is 0 Å². The van der Waals surface area contributed by atoms with Crippen molar-refractivity contribution in [3.8, 4) is 0 Å². The van der Waals surface area contributed by atoms with Gasteiger partial charge < -0.3 is 15.3 Å². The molecular weight excluding hydrogens is 360 g/mol. The van der Waals surface area contributed by atoms with E-state index in [-0.39, 0.29) is 6.10 Å². The molecule has 0 spiro atoms. The van der Waals surface area contributed by atoms with Crippen molar-refractivity contribution in [2.75, 3.05) is 31.5 Å². The van der Waals surface area contributed by atoms with Crippen molar-refractivity contribution in [3.05, 3.63) is 27.1 Å². The summed E-state index contributed by atoms with van der Waals surface area (Å²) in [6, 6.07) is 5.94. The normalized spacial score (nSPS) is 17.9. The lowest BCUT2D eigenvalue weighted by Crippen LogP contribution is -2.34. The van der Waals surface area contributed by atoms with Crippen molar-refractivity contribution in [2.45, 2.75) is 18.9 Å². The highest BCUT2D eigenvalue weighted by Gasteiger charge is 2.16. The fraction of sp³-hybridized carbons (Fsp3) is 0.538. The number of halogens is 2. The molecule has 0 aliphatic carbocycles. The van der Waals surface area contributed by atoms with Crippen molar-refractivity contribution in [1.82, 2.24) is 4.90 Å². The van der Waals surface area contributed by atoms with Crippen LogP contribution in [0.4, 0.5) is 5.69 Å². The standard InChI is InChI=1S/C13H18Br2N2O/c14-11-4-3-5-12(15)13(11)16-8-10(18)9-17-6-1-2-7-17/h3-5,10,16,18H,1-2,6-9H2. The smallest absolute Gasteiger partial charge is 0.0839 e. The van der Waals surface area contributed by atoms with Crippen molar-refractivity contribution in [3.63, 3.8) is 0 Å². The maximum Gasteiger partial charge on any atom is 0.0839 e. The molecule has 5 heteroatoms. The van der Waals surface area contributed by atoms with E-state index in [0.717, 1.165) is 34.3 Å². The van der Waals surface area contributed by atoms with E-state index in [0.29, 0.717) is 6.54 Å². The van der Waals surface area contributed by atoms with Crippen LogP contribution in [0.2, 0.25) is 0 Å². The van der Waals surface area contributed by atoms with Crippen molar-refractivity contribution in [2.24, 2.45) is 0 Å². The zero-order chi connectivity index (χ0) is 13.0. The Bertz CT molecular complexity index is 374. The molecule has 1 aliphatic rings. The van der Waals surface area contributed by atoms with Crippen LogP contribution in [0.15, 0.2) is 27.1 Å². The Morgan fingerprint density at radius 1 is 1.22 bits per heavy atom. The highest BCUT2D eigenvalue weighted by Crippen LogP contribution is 2.30. The van der Waals surface area contributed by atoms with Crippen LogP contribution in [0, 0.1) is 0 Å². The number of benzene rings is 1.